The van der Waals surface area contributed by atoms with E-state index in [0.717, 1.165) is 6.54 Å². The summed E-state index contributed by atoms with van der Waals surface area (Å²) >= 11 is 0. The molecule has 2 heteroatoms. The summed E-state index contributed by atoms with van der Waals surface area (Å²) < 4.78 is 0. The average molecular weight is 218 g/mol. The molecule has 1 saturated carbocycles. The summed E-state index contributed by atoms with van der Waals surface area (Å²) in [5.74, 6) is 0. The van der Waals surface area contributed by atoms with Gasteiger partial charge in [0.1, 0.15) is 0 Å². The van der Waals surface area contributed by atoms with E-state index in [1.165, 1.54) is 24.8 Å². The smallest absolute Gasteiger partial charge is 0.0243 e. The summed E-state index contributed by atoms with van der Waals surface area (Å²) in [6.45, 7) is 0.996. The molecule has 0 aliphatic heterocycles. The standard InChI is InChI=1S/C14H22N2/c1-16(2)14-10-6-9-13(14)15-11-12-7-4-3-5-8-12/h3-5,7-8,13-15H,6,9-11H2,1-2H3/t13-,14-/m1/s1. The first-order valence-corrected chi connectivity index (χ1v) is 6.21. The fourth-order valence-electron chi connectivity index (χ4n) is 2.64. The normalized spacial score (nSPS) is 25.2. The number of rotatable bonds is 4. The van der Waals surface area contributed by atoms with Crippen molar-refractivity contribution in [2.24, 2.45) is 0 Å². The van der Waals surface area contributed by atoms with E-state index in [0.29, 0.717) is 12.1 Å². The van der Waals surface area contributed by atoms with Crippen molar-refractivity contribution in [3.63, 3.8) is 0 Å². The summed E-state index contributed by atoms with van der Waals surface area (Å²) in [5, 5.41) is 3.69. The molecule has 0 aromatic heterocycles. The molecule has 1 fully saturated rings. The highest BCUT2D eigenvalue weighted by molar-refractivity contribution is 5.14. The van der Waals surface area contributed by atoms with Gasteiger partial charge in [0.25, 0.3) is 0 Å². The lowest BCUT2D eigenvalue weighted by Gasteiger charge is -2.27. The highest BCUT2D eigenvalue weighted by Gasteiger charge is 2.27. The second kappa shape index (κ2) is 5.46. The van der Waals surface area contributed by atoms with Gasteiger partial charge in [-0.2, -0.15) is 0 Å². The molecule has 1 aliphatic rings. The van der Waals surface area contributed by atoms with Crippen LogP contribution in [0.1, 0.15) is 24.8 Å². The Bertz CT molecular complexity index is 308. The number of nitrogens with one attached hydrogen (secondary N) is 1. The van der Waals surface area contributed by atoms with Gasteiger partial charge in [-0.15, -0.1) is 0 Å². The van der Waals surface area contributed by atoms with Crippen LogP contribution in [-0.2, 0) is 6.54 Å². The molecule has 88 valence electrons. The first-order valence-electron chi connectivity index (χ1n) is 6.21. The van der Waals surface area contributed by atoms with Gasteiger partial charge in [-0.3, -0.25) is 0 Å². The van der Waals surface area contributed by atoms with Crippen molar-refractivity contribution in [1.29, 1.82) is 0 Å². The van der Waals surface area contributed by atoms with Crippen molar-refractivity contribution < 1.29 is 0 Å². The number of likely N-dealkylation sites (N-methyl/N-ethyl adjacent to an activating group) is 1. The van der Waals surface area contributed by atoms with E-state index >= 15 is 0 Å². The van der Waals surface area contributed by atoms with Crippen LogP contribution in [0.4, 0.5) is 0 Å². The first-order chi connectivity index (χ1) is 7.77. The quantitative estimate of drug-likeness (QED) is 0.834. The Hall–Kier alpha value is -0.860. The molecule has 2 atom stereocenters. The number of hydrogen-bond acceptors (Lipinski definition) is 2. The summed E-state index contributed by atoms with van der Waals surface area (Å²) in [6.07, 6.45) is 4.00. The maximum absolute atomic E-state index is 3.69. The second-order valence-corrected chi connectivity index (χ2v) is 4.93. The van der Waals surface area contributed by atoms with E-state index < -0.39 is 0 Å². The SMILES string of the molecule is CN(C)[C@@H]1CCC[C@H]1NCc1ccccc1. The minimum Gasteiger partial charge on any atom is -0.308 e. The summed E-state index contributed by atoms with van der Waals surface area (Å²) in [7, 11) is 4.38. The molecule has 0 bridgehead atoms. The van der Waals surface area contributed by atoms with Gasteiger partial charge in [-0.1, -0.05) is 36.8 Å². The van der Waals surface area contributed by atoms with E-state index in [-0.39, 0.29) is 0 Å². The van der Waals surface area contributed by atoms with Gasteiger partial charge in [-0.05, 0) is 32.5 Å². The van der Waals surface area contributed by atoms with Crippen LogP contribution in [0.15, 0.2) is 30.3 Å². The van der Waals surface area contributed by atoms with Crippen molar-refractivity contribution >= 4 is 0 Å². The van der Waals surface area contributed by atoms with E-state index in [9.17, 15) is 0 Å². The lowest BCUT2D eigenvalue weighted by Crippen LogP contribution is -2.43. The van der Waals surface area contributed by atoms with E-state index in [1.54, 1.807) is 0 Å². The molecule has 0 saturated heterocycles. The molecule has 1 aromatic carbocycles. The first kappa shape index (κ1) is 11.6. The van der Waals surface area contributed by atoms with Crippen molar-refractivity contribution in [1.82, 2.24) is 10.2 Å². The van der Waals surface area contributed by atoms with Crippen LogP contribution in [0.5, 0.6) is 0 Å². The average Bonchev–Trinajstić information content (AvgIpc) is 2.76. The molecule has 0 unspecified atom stereocenters. The van der Waals surface area contributed by atoms with Crippen molar-refractivity contribution in [2.45, 2.75) is 37.9 Å². The van der Waals surface area contributed by atoms with Crippen LogP contribution in [0, 0.1) is 0 Å². The fraction of sp³-hybridized carbons (Fsp3) is 0.571. The highest BCUT2D eigenvalue weighted by Crippen LogP contribution is 2.22. The van der Waals surface area contributed by atoms with Crippen molar-refractivity contribution in [2.75, 3.05) is 14.1 Å². The Balaban J connectivity index is 1.86. The molecule has 0 heterocycles. The molecule has 1 N–H and O–H groups in total. The summed E-state index contributed by atoms with van der Waals surface area (Å²) in [5.41, 5.74) is 1.38. The third-order valence-corrected chi connectivity index (χ3v) is 3.55. The van der Waals surface area contributed by atoms with Gasteiger partial charge in [0.05, 0.1) is 0 Å². The molecule has 0 spiro atoms. The third-order valence-electron chi connectivity index (χ3n) is 3.55. The van der Waals surface area contributed by atoms with Crippen molar-refractivity contribution in [3.8, 4) is 0 Å². The molecule has 0 amide bonds. The van der Waals surface area contributed by atoms with Gasteiger partial charge in [0, 0.05) is 18.6 Å². The van der Waals surface area contributed by atoms with Crippen molar-refractivity contribution in [3.05, 3.63) is 35.9 Å². The molecular weight excluding hydrogens is 196 g/mol. The molecule has 1 aliphatic carbocycles. The van der Waals surface area contributed by atoms with Gasteiger partial charge >= 0.3 is 0 Å². The van der Waals surface area contributed by atoms with Gasteiger partial charge in [-0.25, -0.2) is 0 Å². The minimum absolute atomic E-state index is 0.662. The maximum Gasteiger partial charge on any atom is 0.0243 e. The van der Waals surface area contributed by atoms with Crippen LogP contribution >= 0.6 is 0 Å². The lowest BCUT2D eigenvalue weighted by molar-refractivity contribution is 0.252. The van der Waals surface area contributed by atoms with E-state index in [1.807, 2.05) is 0 Å². The monoisotopic (exact) mass is 218 g/mol. The zero-order chi connectivity index (χ0) is 11.4. The molecule has 2 nitrogen and oxygen atoms in total. The van der Waals surface area contributed by atoms with Gasteiger partial charge in [0.15, 0.2) is 0 Å². The Labute approximate surface area is 98.7 Å². The zero-order valence-corrected chi connectivity index (χ0v) is 10.3. The summed E-state index contributed by atoms with van der Waals surface area (Å²) in [6, 6.07) is 12.0. The fourth-order valence-corrected chi connectivity index (χ4v) is 2.64. The van der Waals surface area contributed by atoms with Crippen LogP contribution < -0.4 is 5.32 Å². The van der Waals surface area contributed by atoms with Crippen LogP contribution in [0.2, 0.25) is 0 Å². The molecule has 0 radical (unpaired) electrons. The Morgan fingerprint density at radius 1 is 1.19 bits per heavy atom. The Kier molecular flexibility index (Phi) is 3.97. The third kappa shape index (κ3) is 2.83. The lowest BCUT2D eigenvalue weighted by atomic mass is 10.1. The molecule has 1 aromatic rings. The topological polar surface area (TPSA) is 15.3 Å². The number of hydrogen-bond donors (Lipinski definition) is 1. The number of nitrogens with zero attached hydrogens (tertiary/aromatic N) is 1. The highest BCUT2D eigenvalue weighted by atomic mass is 15.1. The van der Waals surface area contributed by atoms with E-state index in [4.69, 9.17) is 0 Å². The Morgan fingerprint density at radius 2 is 1.94 bits per heavy atom. The Morgan fingerprint density at radius 3 is 2.62 bits per heavy atom. The van der Waals surface area contributed by atoms with Crippen LogP contribution in [0.25, 0.3) is 0 Å². The zero-order valence-electron chi connectivity index (χ0n) is 10.3. The predicted octanol–water partition coefficient (Wildman–Crippen LogP) is 2.26. The molecule has 16 heavy (non-hydrogen) atoms. The van der Waals surface area contributed by atoms with Crippen LogP contribution in [-0.4, -0.2) is 31.1 Å². The summed E-state index contributed by atoms with van der Waals surface area (Å²) in [4.78, 5) is 2.36. The minimum atomic E-state index is 0.662. The number of benzene rings is 1. The second-order valence-electron chi connectivity index (χ2n) is 4.93. The maximum atomic E-state index is 3.69. The molecule has 2 rings (SSSR count). The van der Waals surface area contributed by atoms with Gasteiger partial charge < -0.3 is 10.2 Å². The van der Waals surface area contributed by atoms with Crippen LogP contribution in [0.3, 0.4) is 0 Å². The van der Waals surface area contributed by atoms with Gasteiger partial charge in [0.2, 0.25) is 0 Å². The largest absolute Gasteiger partial charge is 0.308 e. The van der Waals surface area contributed by atoms with E-state index in [2.05, 4.69) is 54.6 Å². The predicted molar refractivity (Wildman–Crippen MR) is 68.4 cm³/mol. The molecular formula is C14H22N2.